The molecule has 0 fully saturated rings. The number of hydrogen-bond donors (Lipinski definition) is 0. The van der Waals surface area contributed by atoms with Crippen LogP contribution in [0, 0.1) is 0 Å². The number of esters is 3. The van der Waals surface area contributed by atoms with Crippen molar-refractivity contribution in [2.45, 2.75) is 348 Å². The molecule has 0 N–H and O–H groups in total. The molecule has 0 amide bonds. The number of unbranched alkanes of at least 4 members (excludes halogenated alkanes) is 36. The van der Waals surface area contributed by atoms with Crippen molar-refractivity contribution in [2.24, 2.45) is 0 Å². The van der Waals surface area contributed by atoms with Gasteiger partial charge in [0.2, 0.25) is 0 Å². The first-order valence-corrected chi connectivity index (χ1v) is 34.7. The van der Waals surface area contributed by atoms with Gasteiger partial charge in [-0.15, -0.1) is 0 Å². The zero-order valence-electron chi connectivity index (χ0n) is 53.5. The standard InChI is InChI=1S/C75H130O6/c1-4-7-10-13-16-19-22-25-28-31-32-33-34-35-36-37-38-39-40-41-42-45-47-50-53-56-59-62-65-68-74(77)80-71-72(81-75(78)69-66-63-60-57-54-51-48-44-30-27-24-21-18-15-12-9-6-3)70-79-73(76)67-64-61-58-55-52-49-46-43-29-26-23-20-17-14-11-8-5-2/h7,10,16,19,25,27-28,30,32-33,35-36,38-39,41-42,72H,4-6,8-9,11-15,17-18,20-24,26,29,31,34,37,40,43-71H2,1-3H3/b10-7-,19-16-,28-25-,30-27-,33-32-,36-35-,39-38-,42-41-. The largest absolute Gasteiger partial charge is 0.462 e. The molecule has 0 aliphatic rings. The maximum atomic E-state index is 12.9. The molecule has 6 nitrogen and oxygen atoms in total. The molecule has 0 radical (unpaired) electrons. The first-order chi connectivity index (χ1) is 40.0. The quantitative estimate of drug-likeness (QED) is 0.0261. The van der Waals surface area contributed by atoms with Crippen LogP contribution in [-0.4, -0.2) is 37.2 Å². The van der Waals surface area contributed by atoms with Gasteiger partial charge in [0.15, 0.2) is 6.10 Å². The van der Waals surface area contributed by atoms with E-state index in [4.69, 9.17) is 14.2 Å². The zero-order valence-corrected chi connectivity index (χ0v) is 53.5. The Kier molecular flexibility index (Phi) is 65.7. The molecular weight excluding hydrogens is 997 g/mol. The zero-order chi connectivity index (χ0) is 58.5. The van der Waals surface area contributed by atoms with Crippen molar-refractivity contribution >= 4 is 17.9 Å². The molecule has 81 heavy (non-hydrogen) atoms. The molecule has 0 aliphatic heterocycles. The Bertz CT molecular complexity index is 1580. The smallest absolute Gasteiger partial charge is 0.306 e. The molecule has 0 aromatic rings. The minimum atomic E-state index is -0.785. The highest BCUT2D eigenvalue weighted by atomic mass is 16.6. The highest BCUT2D eigenvalue weighted by Gasteiger charge is 2.19. The lowest BCUT2D eigenvalue weighted by atomic mass is 10.0. The lowest BCUT2D eigenvalue weighted by Gasteiger charge is -2.18. The van der Waals surface area contributed by atoms with E-state index in [9.17, 15) is 14.4 Å². The van der Waals surface area contributed by atoms with Gasteiger partial charge in [-0.3, -0.25) is 14.4 Å². The number of hydrogen-bond acceptors (Lipinski definition) is 6. The second-order valence-electron chi connectivity index (χ2n) is 23.1. The van der Waals surface area contributed by atoms with Crippen LogP contribution in [0.5, 0.6) is 0 Å². The van der Waals surface area contributed by atoms with E-state index in [1.165, 1.54) is 193 Å². The number of ether oxygens (including phenoxy) is 3. The second-order valence-corrected chi connectivity index (χ2v) is 23.1. The molecule has 1 atom stereocenters. The van der Waals surface area contributed by atoms with E-state index in [2.05, 4.69) is 118 Å². The first kappa shape index (κ1) is 77.3. The van der Waals surface area contributed by atoms with Gasteiger partial charge in [-0.05, 0) is 103 Å². The van der Waals surface area contributed by atoms with Gasteiger partial charge in [-0.25, -0.2) is 0 Å². The Morgan fingerprint density at radius 2 is 0.481 bits per heavy atom. The second kappa shape index (κ2) is 68.8. The summed E-state index contributed by atoms with van der Waals surface area (Å²) in [5.41, 5.74) is 0. The minimum Gasteiger partial charge on any atom is -0.462 e. The van der Waals surface area contributed by atoms with Crippen molar-refractivity contribution in [1.29, 1.82) is 0 Å². The van der Waals surface area contributed by atoms with Gasteiger partial charge in [0, 0.05) is 19.3 Å². The summed E-state index contributed by atoms with van der Waals surface area (Å²) in [5, 5.41) is 0. The summed E-state index contributed by atoms with van der Waals surface area (Å²) in [7, 11) is 0. The molecule has 1 unspecified atom stereocenters. The molecule has 0 heterocycles. The highest BCUT2D eigenvalue weighted by Crippen LogP contribution is 2.17. The number of carbonyl (C=O) groups excluding carboxylic acids is 3. The van der Waals surface area contributed by atoms with Crippen molar-refractivity contribution in [3.05, 3.63) is 97.2 Å². The normalized spacial score (nSPS) is 12.7. The molecule has 0 rings (SSSR count). The summed E-state index contributed by atoms with van der Waals surface area (Å²) in [4.78, 5) is 38.4. The topological polar surface area (TPSA) is 78.9 Å². The van der Waals surface area contributed by atoms with E-state index in [1.807, 2.05) is 0 Å². The Labute approximate surface area is 502 Å². The van der Waals surface area contributed by atoms with E-state index in [0.717, 1.165) is 109 Å². The number of rotatable bonds is 63. The molecular formula is C75H130O6. The van der Waals surface area contributed by atoms with Crippen molar-refractivity contribution in [2.75, 3.05) is 13.2 Å². The first-order valence-electron chi connectivity index (χ1n) is 34.7. The predicted molar refractivity (Wildman–Crippen MR) is 353 cm³/mol. The minimum absolute atomic E-state index is 0.0791. The molecule has 0 aromatic heterocycles. The van der Waals surface area contributed by atoms with Crippen LogP contribution in [0.4, 0.5) is 0 Å². The molecule has 6 heteroatoms. The van der Waals surface area contributed by atoms with Crippen LogP contribution in [0.2, 0.25) is 0 Å². The summed E-state index contributed by atoms with van der Waals surface area (Å²) in [5.74, 6) is -0.878. The SMILES string of the molecule is CC/C=C\C/C=C\C/C=C\C/C=C\C/C=C\C/C=C\C/C=C\CCCCCCCCCC(=O)OCC(COC(=O)CCCCCCCCCCCCCCCCCCC)OC(=O)CCCCCCCCC/C=C\CCCCCCCC. The third-order valence-electron chi connectivity index (χ3n) is 15.1. The Hall–Kier alpha value is -3.67. The lowest BCUT2D eigenvalue weighted by molar-refractivity contribution is -0.167. The fourth-order valence-corrected chi connectivity index (χ4v) is 9.89. The summed E-state index contributed by atoms with van der Waals surface area (Å²) in [6.07, 6.45) is 92.7. The van der Waals surface area contributed by atoms with Gasteiger partial charge < -0.3 is 14.2 Å². The van der Waals surface area contributed by atoms with E-state index in [0.29, 0.717) is 19.3 Å². The average molecular weight is 1130 g/mol. The lowest BCUT2D eigenvalue weighted by Crippen LogP contribution is -2.30. The molecule has 0 saturated carbocycles. The summed E-state index contributed by atoms with van der Waals surface area (Å²) >= 11 is 0. The number of carbonyl (C=O) groups is 3. The summed E-state index contributed by atoms with van der Waals surface area (Å²) in [6.45, 7) is 6.56. The third kappa shape index (κ3) is 67.0. The van der Waals surface area contributed by atoms with Gasteiger partial charge in [0.25, 0.3) is 0 Å². The van der Waals surface area contributed by atoms with E-state index in [1.54, 1.807) is 0 Å². The maximum absolute atomic E-state index is 12.9. The van der Waals surface area contributed by atoms with Gasteiger partial charge >= 0.3 is 17.9 Å². The average Bonchev–Trinajstić information content (AvgIpc) is 3.47. The monoisotopic (exact) mass is 1130 g/mol. The van der Waals surface area contributed by atoms with Gasteiger partial charge in [0.1, 0.15) is 13.2 Å². The van der Waals surface area contributed by atoms with Crippen LogP contribution in [0.15, 0.2) is 97.2 Å². The molecule has 0 bridgehead atoms. The fraction of sp³-hybridized carbons (Fsp3) is 0.747. The van der Waals surface area contributed by atoms with Crippen LogP contribution in [0.1, 0.15) is 342 Å². The van der Waals surface area contributed by atoms with Gasteiger partial charge in [-0.1, -0.05) is 317 Å². The van der Waals surface area contributed by atoms with Crippen molar-refractivity contribution in [3.8, 4) is 0 Å². The third-order valence-corrected chi connectivity index (χ3v) is 15.1. The summed E-state index contributed by atoms with van der Waals surface area (Å²) < 4.78 is 17.0. The molecule has 0 saturated heterocycles. The number of allylic oxidation sites excluding steroid dienone is 16. The molecule has 0 aromatic carbocycles. The highest BCUT2D eigenvalue weighted by molar-refractivity contribution is 5.71. The van der Waals surface area contributed by atoms with Gasteiger partial charge in [-0.2, -0.15) is 0 Å². The van der Waals surface area contributed by atoms with Crippen LogP contribution in [0.3, 0.4) is 0 Å². The molecule has 466 valence electrons. The maximum Gasteiger partial charge on any atom is 0.306 e. The predicted octanol–water partition coefficient (Wildman–Crippen LogP) is 24.0. The fourth-order valence-electron chi connectivity index (χ4n) is 9.89. The van der Waals surface area contributed by atoms with Crippen LogP contribution in [0.25, 0.3) is 0 Å². The van der Waals surface area contributed by atoms with Crippen LogP contribution in [-0.2, 0) is 28.6 Å². The van der Waals surface area contributed by atoms with E-state index >= 15 is 0 Å². The Morgan fingerprint density at radius 3 is 0.765 bits per heavy atom. The van der Waals surface area contributed by atoms with Crippen molar-refractivity contribution < 1.29 is 28.6 Å². The Balaban J connectivity index is 4.35. The summed E-state index contributed by atoms with van der Waals surface area (Å²) in [6, 6.07) is 0. The molecule has 0 aliphatic carbocycles. The van der Waals surface area contributed by atoms with Crippen LogP contribution >= 0.6 is 0 Å². The van der Waals surface area contributed by atoms with Crippen molar-refractivity contribution in [3.63, 3.8) is 0 Å². The van der Waals surface area contributed by atoms with E-state index < -0.39 is 6.10 Å². The van der Waals surface area contributed by atoms with Crippen molar-refractivity contribution in [1.82, 2.24) is 0 Å². The Morgan fingerprint density at radius 1 is 0.259 bits per heavy atom. The van der Waals surface area contributed by atoms with E-state index in [-0.39, 0.29) is 31.1 Å². The van der Waals surface area contributed by atoms with Gasteiger partial charge in [0.05, 0.1) is 0 Å². The molecule has 0 spiro atoms. The van der Waals surface area contributed by atoms with Crippen LogP contribution < -0.4 is 0 Å².